The highest BCUT2D eigenvalue weighted by Crippen LogP contribution is 2.03. The van der Waals surface area contributed by atoms with E-state index in [2.05, 4.69) is 15.7 Å². The molecule has 5 heteroatoms. The molecule has 13 heavy (non-hydrogen) atoms. The molecule has 0 bridgehead atoms. The lowest BCUT2D eigenvalue weighted by atomic mass is 10.5. The van der Waals surface area contributed by atoms with Gasteiger partial charge in [-0.25, -0.2) is 4.79 Å². The second-order valence-corrected chi connectivity index (χ2v) is 2.57. The van der Waals surface area contributed by atoms with Gasteiger partial charge < -0.3 is 10.6 Å². The van der Waals surface area contributed by atoms with Crippen LogP contribution in [0.1, 0.15) is 13.8 Å². The maximum atomic E-state index is 11.1. The van der Waals surface area contributed by atoms with Crippen LogP contribution in [0, 0.1) is 0 Å². The fourth-order valence-corrected chi connectivity index (χ4v) is 0.937. The summed E-state index contributed by atoms with van der Waals surface area (Å²) in [5, 5.41) is 9.32. The van der Waals surface area contributed by atoms with Gasteiger partial charge in [-0.15, -0.1) is 0 Å². The summed E-state index contributed by atoms with van der Waals surface area (Å²) in [6, 6.07) is -0.196. The van der Waals surface area contributed by atoms with Gasteiger partial charge in [-0.05, 0) is 13.8 Å². The summed E-state index contributed by atoms with van der Waals surface area (Å²) in [7, 11) is 0. The van der Waals surface area contributed by atoms with Gasteiger partial charge in [0.1, 0.15) is 0 Å². The molecule has 72 valence electrons. The number of urea groups is 1. The van der Waals surface area contributed by atoms with Crippen LogP contribution in [0.2, 0.25) is 0 Å². The van der Waals surface area contributed by atoms with Crippen molar-refractivity contribution in [3.8, 4) is 0 Å². The van der Waals surface area contributed by atoms with E-state index in [9.17, 15) is 4.79 Å². The Morgan fingerprint density at radius 1 is 1.62 bits per heavy atom. The highest BCUT2D eigenvalue weighted by molar-refractivity contribution is 5.88. The Morgan fingerprint density at radius 3 is 2.92 bits per heavy atom. The Labute approximate surface area is 77.1 Å². The first kappa shape index (κ1) is 9.57. The van der Waals surface area contributed by atoms with Crippen molar-refractivity contribution in [3.63, 3.8) is 0 Å². The Balaban J connectivity index is 2.49. The van der Waals surface area contributed by atoms with Gasteiger partial charge in [-0.2, -0.15) is 5.10 Å². The average molecular weight is 182 g/mol. The number of hydrogen-bond acceptors (Lipinski definition) is 2. The Kier molecular flexibility index (Phi) is 3.31. The zero-order chi connectivity index (χ0) is 9.68. The van der Waals surface area contributed by atoms with Crippen molar-refractivity contribution in [1.29, 1.82) is 0 Å². The first-order chi connectivity index (χ1) is 6.26. The van der Waals surface area contributed by atoms with Crippen molar-refractivity contribution < 1.29 is 4.79 Å². The molecule has 5 nitrogen and oxygen atoms in total. The maximum Gasteiger partial charge on any atom is 0.319 e. The molecule has 0 aliphatic carbocycles. The van der Waals surface area contributed by atoms with E-state index in [4.69, 9.17) is 0 Å². The van der Waals surface area contributed by atoms with Crippen molar-refractivity contribution in [2.24, 2.45) is 0 Å². The van der Waals surface area contributed by atoms with E-state index >= 15 is 0 Å². The first-order valence-corrected chi connectivity index (χ1v) is 4.33. The zero-order valence-corrected chi connectivity index (χ0v) is 7.87. The van der Waals surface area contributed by atoms with Crippen LogP contribution < -0.4 is 10.6 Å². The van der Waals surface area contributed by atoms with E-state index in [0.717, 1.165) is 6.54 Å². The summed E-state index contributed by atoms with van der Waals surface area (Å²) >= 11 is 0. The fourth-order valence-electron chi connectivity index (χ4n) is 0.937. The molecule has 0 saturated heterocycles. The average Bonchev–Trinajstić information content (AvgIpc) is 2.52. The van der Waals surface area contributed by atoms with Crippen LogP contribution in [-0.4, -0.2) is 22.4 Å². The fraction of sp³-hybridized carbons (Fsp3) is 0.500. The minimum Gasteiger partial charge on any atom is -0.338 e. The van der Waals surface area contributed by atoms with Gasteiger partial charge in [0.15, 0.2) is 0 Å². The maximum absolute atomic E-state index is 11.1. The lowest BCUT2D eigenvalue weighted by Gasteiger charge is -2.01. The number of nitrogens with zero attached hydrogens (tertiary/aromatic N) is 2. The predicted molar refractivity (Wildman–Crippen MR) is 50.6 cm³/mol. The second-order valence-electron chi connectivity index (χ2n) is 2.57. The highest BCUT2D eigenvalue weighted by atomic mass is 16.2. The predicted octanol–water partition coefficient (Wildman–Crippen LogP) is 1.04. The highest BCUT2D eigenvalue weighted by Gasteiger charge is 2.00. The van der Waals surface area contributed by atoms with Gasteiger partial charge >= 0.3 is 6.03 Å². The largest absolute Gasteiger partial charge is 0.338 e. The summed E-state index contributed by atoms with van der Waals surface area (Å²) < 4.78 is 1.75. The van der Waals surface area contributed by atoms with E-state index in [-0.39, 0.29) is 6.03 Å². The van der Waals surface area contributed by atoms with Gasteiger partial charge in [0, 0.05) is 19.3 Å². The van der Waals surface area contributed by atoms with Gasteiger partial charge in [0.05, 0.1) is 11.9 Å². The molecule has 0 aromatic carbocycles. The number of nitrogens with one attached hydrogen (secondary N) is 2. The number of aryl methyl sites for hydroxylation is 1. The summed E-state index contributed by atoms with van der Waals surface area (Å²) in [6.07, 6.45) is 3.41. The molecule has 1 rings (SSSR count). The van der Waals surface area contributed by atoms with Crippen molar-refractivity contribution in [2.45, 2.75) is 20.4 Å². The third kappa shape index (κ3) is 2.77. The molecule has 2 amide bonds. The number of carbonyl (C=O) groups is 1. The van der Waals surface area contributed by atoms with Crippen molar-refractivity contribution in [1.82, 2.24) is 15.1 Å². The molecule has 0 radical (unpaired) electrons. The molecule has 0 aliphatic heterocycles. The quantitative estimate of drug-likeness (QED) is 0.733. The minimum atomic E-state index is -0.196. The van der Waals surface area contributed by atoms with Crippen LogP contribution in [0.15, 0.2) is 12.4 Å². The minimum absolute atomic E-state index is 0.196. The molecule has 1 aromatic rings. The van der Waals surface area contributed by atoms with Crippen LogP contribution in [-0.2, 0) is 6.54 Å². The third-order valence-electron chi connectivity index (χ3n) is 1.55. The van der Waals surface area contributed by atoms with Crippen LogP contribution in [0.25, 0.3) is 0 Å². The molecule has 0 fully saturated rings. The summed E-state index contributed by atoms with van der Waals surface area (Å²) in [5.41, 5.74) is 0.716. The van der Waals surface area contributed by atoms with Gasteiger partial charge in [0.2, 0.25) is 0 Å². The van der Waals surface area contributed by atoms with Crippen LogP contribution >= 0.6 is 0 Å². The Hall–Kier alpha value is -1.52. The number of rotatable bonds is 3. The number of anilines is 1. The number of aromatic nitrogens is 2. The topological polar surface area (TPSA) is 59.0 Å². The zero-order valence-electron chi connectivity index (χ0n) is 7.87. The van der Waals surface area contributed by atoms with E-state index in [1.807, 2.05) is 13.8 Å². The Morgan fingerprint density at radius 2 is 2.38 bits per heavy atom. The van der Waals surface area contributed by atoms with Gasteiger partial charge in [-0.1, -0.05) is 0 Å². The molecule has 1 heterocycles. The SMILES string of the molecule is CCNC(=O)Nc1cnn(CC)c1. The molecule has 0 spiro atoms. The van der Waals surface area contributed by atoms with E-state index in [0.29, 0.717) is 12.2 Å². The molecule has 0 aliphatic rings. The van der Waals surface area contributed by atoms with Crippen LogP contribution in [0.4, 0.5) is 10.5 Å². The van der Waals surface area contributed by atoms with Crippen molar-refractivity contribution in [2.75, 3.05) is 11.9 Å². The summed E-state index contributed by atoms with van der Waals surface area (Å²) in [6.45, 7) is 5.28. The molecule has 2 N–H and O–H groups in total. The lowest BCUT2D eigenvalue weighted by Crippen LogP contribution is -2.27. The van der Waals surface area contributed by atoms with Gasteiger partial charge in [0.25, 0.3) is 0 Å². The van der Waals surface area contributed by atoms with E-state index < -0.39 is 0 Å². The van der Waals surface area contributed by atoms with Crippen molar-refractivity contribution >= 4 is 11.7 Å². The number of hydrogen-bond donors (Lipinski definition) is 2. The smallest absolute Gasteiger partial charge is 0.319 e. The number of carbonyl (C=O) groups excluding carboxylic acids is 1. The third-order valence-corrected chi connectivity index (χ3v) is 1.55. The summed E-state index contributed by atoms with van der Waals surface area (Å²) in [5.74, 6) is 0. The standard InChI is InChI=1S/C8H14N4O/c1-3-9-8(13)11-7-5-10-12(4-2)6-7/h5-6H,3-4H2,1-2H3,(H2,9,11,13). The molecular weight excluding hydrogens is 168 g/mol. The monoisotopic (exact) mass is 182 g/mol. The molecule has 0 unspecified atom stereocenters. The molecule has 0 saturated carbocycles. The Bertz CT molecular complexity index is 281. The van der Waals surface area contributed by atoms with Crippen LogP contribution in [0.5, 0.6) is 0 Å². The van der Waals surface area contributed by atoms with Gasteiger partial charge in [-0.3, -0.25) is 4.68 Å². The molecule has 1 aromatic heterocycles. The first-order valence-electron chi connectivity index (χ1n) is 4.33. The van der Waals surface area contributed by atoms with E-state index in [1.54, 1.807) is 17.1 Å². The normalized spacial score (nSPS) is 9.69. The summed E-state index contributed by atoms with van der Waals surface area (Å²) in [4.78, 5) is 11.1. The molecule has 0 atom stereocenters. The lowest BCUT2D eigenvalue weighted by molar-refractivity contribution is 0.252. The van der Waals surface area contributed by atoms with Crippen LogP contribution in [0.3, 0.4) is 0 Å². The molecular formula is C8H14N4O. The number of amides is 2. The van der Waals surface area contributed by atoms with Crippen molar-refractivity contribution in [3.05, 3.63) is 12.4 Å². The van der Waals surface area contributed by atoms with E-state index in [1.165, 1.54) is 0 Å². The second kappa shape index (κ2) is 4.49.